The van der Waals surface area contributed by atoms with E-state index in [0.717, 1.165) is 17.8 Å². The van der Waals surface area contributed by atoms with Crippen LogP contribution < -0.4 is 10.6 Å². The minimum Gasteiger partial charge on any atom is -0.354 e. The lowest BCUT2D eigenvalue weighted by molar-refractivity contribution is 0.0954. The fraction of sp³-hybridized carbons (Fsp3) is 0.182. The van der Waals surface area contributed by atoms with Crippen molar-refractivity contribution in [1.82, 2.24) is 10.3 Å². The number of rotatable bonds is 6. The monoisotopic (exact) mass is 345 g/mol. The zero-order valence-electron chi connectivity index (χ0n) is 15.1. The van der Waals surface area contributed by atoms with E-state index in [0.29, 0.717) is 12.1 Å². The van der Waals surface area contributed by atoms with Crippen molar-refractivity contribution < 1.29 is 4.79 Å². The smallest absolute Gasteiger partial charge is 0.252 e. The van der Waals surface area contributed by atoms with E-state index in [4.69, 9.17) is 0 Å². The van der Waals surface area contributed by atoms with Gasteiger partial charge in [-0.15, -0.1) is 0 Å². The van der Waals surface area contributed by atoms with E-state index in [2.05, 4.69) is 47.7 Å². The van der Waals surface area contributed by atoms with E-state index in [1.54, 1.807) is 12.4 Å². The third-order valence-corrected chi connectivity index (χ3v) is 4.43. The first-order valence-electron chi connectivity index (χ1n) is 8.74. The molecule has 2 N–H and O–H groups in total. The van der Waals surface area contributed by atoms with Gasteiger partial charge in [0.1, 0.15) is 0 Å². The molecule has 0 radical (unpaired) electrons. The van der Waals surface area contributed by atoms with Crippen LogP contribution in [0.1, 0.15) is 27.0 Å². The zero-order valence-corrected chi connectivity index (χ0v) is 15.1. The SMILES string of the molecule is Cc1cccc(Nc2cncc(C(=O)NCCc3ccccc3)c2)c1C. The van der Waals surface area contributed by atoms with Crippen LogP contribution in [0.15, 0.2) is 67.0 Å². The number of hydrogen-bond acceptors (Lipinski definition) is 3. The molecule has 0 atom stereocenters. The summed E-state index contributed by atoms with van der Waals surface area (Å²) >= 11 is 0. The molecule has 1 amide bonds. The quantitative estimate of drug-likeness (QED) is 0.695. The summed E-state index contributed by atoms with van der Waals surface area (Å²) in [5.74, 6) is -0.113. The fourth-order valence-corrected chi connectivity index (χ4v) is 2.74. The Bertz CT molecular complexity index is 891. The van der Waals surface area contributed by atoms with Crippen LogP contribution in [-0.2, 0) is 6.42 Å². The highest BCUT2D eigenvalue weighted by molar-refractivity contribution is 5.94. The molecule has 0 spiro atoms. The van der Waals surface area contributed by atoms with E-state index < -0.39 is 0 Å². The van der Waals surface area contributed by atoms with Crippen molar-refractivity contribution in [3.63, 3.8) is 0 Å². The number of hydrogen-bond donors (Lipinski definition) is 2. The Morgan fingerprint density at radius 3 is 2.62 bits per heavy atom. The first kappa shape index (κ1) is 17.7. The number of carbonyl (C=O) groups excluding carboxylic acids is 1. The number of nitrogens with one attached hydrogen (secondary N) is 2. The van der Waals surface area contributed by atoms with Crippen molar-refractivity contribution in [2.75, 3.05) is 11.9 Å². The summed E-state index contributed by atoms with van der Waals surface area (Å²) in [5.41, 5.74) is 5.98. The van der Waals surface area contributed by atoms with Gasteiger partial charge in [-0.1, -0.05) is 42.5 Å². The summed E-state index contributed by atoms with van der Waals surface area (Å²) in [6.07, 6.45) is 4.12. The number of benzene rings is 2. The van der Waals surface area contributed by atoms with Crippen LogP contribution in [0.2, 0.25) is 0 Å². The molecule has 3 rings (SSSR count). The molecule has 0 saturated heterocycles. The highest BCUT2D eigenvalue weighted by atomic mass is 16.1. The number of anilines is 2. The van der Waals surface area contributed by atoms with Crippen LogP contribution in [0.4, 0.5) is 11.4 Å². The predicted octanol–water partition coefficient (Wildman–Crippen LogP) is 4.41. The highest BCUT2D eigenvalue weighted by Gasteiger charge is 2.08. The summed E-state index contributed by atoms with van der Waals surface area (Å²) in [6.45, 7) is 4.75. The van der Waals surface area contributed by atoms with Crippen molar-refractivity contribution in [2.24, 2.45) is 0 Å². The lowest BCUT2D eigenvalue weighted by Crippen LogP contribution is -2.25. The molecule has 2 aromatic carbocycles. The number of carbonyl (C=O) groups is 1. The van der Waals surface area contributed by atoms with Gasteiger partial charge in [-0.3, -0.25) is 9.78 Å². The maximum Gasteiger partial charge on any atom is 0.252 e. The Labute approximate surface area is 154 Å². The maximum absolute atomic E-state index is 12.4. The molecule has 132 valence electrons. The zero-order chi connectivity index (χ0) is 18.4. The average molecular weight is 345 g/mol. The van der Waals surface area contributed by atoms with Gasteiger partial charge in [0.25, 0.3) is 5.91 Å². The Balaban J connectivity index is 1.63. The van der Waals surface area contributed by atoms with Gasteiger partial charge < -0.3 is 10.6 Å². The van der Waals surface area contributed by atoms with E-state index in [9.17, 15) is 4.79 Å². The topological polar surface area (TPSA) is 54.0 Å². The molecule has 0 unspecified atom stereocenters. The van der Waals surface area contributed by atoms with Gasteiger partial charge in [0, 0.05) is 18.4 Å². The molecule has 4 nitrogen and oxygen atoms in total. The largest absolute Gasteiger partial charge is 0.354 e. The third-order valence-electron chi connectivity index (χ3n) is 4.43. The molecule has 0 aliphatic heterocycles. The number of aryl methyl sites for hydroxylation is 1. The van der Waals surface area contributed by atoms with Crippen molar-refractivity contribution in [1.29, 1.82) is 0 Å². The molecule has 1 aromatic heterocycles. The molecular weight excluding hydrogens is 322 g/mol. The van der Waals surface area contributed by atoms with Crippen LogP contribution >= 0.6 is 0 Å². The van der Waals surface area contributed by atoms with Gasteiger partial charge in [-0.05, 0) is 49.1 Å². The molecule has 0 saturated carbocycles. The molecule has 26 heavy (non-hydrogen) atoms. The van der Waals surface area contributed by atoms with Gasteiger partial charge in [-0.2, -0.15) is 0 Å². The number of nitrogens with zero attached hydrogens (tertiary/aromatic N) is 1. The van der Waals surface area contributed by atoms with Gasteiger partial charge in [-0.25, -0.2) is 0 Å². The van der Waals surface area contributed by atoms with Crippen molar-refractivity contribution >= 4 is 17.3 Å². The third kappa shape index (κ3) is 4.48. The highest BCUT2D eigenvalue weighted by Crippen LogP contribution is 2.22. The molecule has 0 bridgehead atoms. The molecular formula is C22H23N3O. The van der Waals surface area contributed by atoms with Crippen LogP contribution in [0.5, 0.6) is 0 Å². The van der Waals surface area contributed by atoms with Crippen molar-refractivity contribution in [3.8, 4) is 0 Å². The van der Waals surface area contributed by atoms with Crippen LogP contribution in [-0.4, -0.2) is 17.4 Å². The Kier molecular flexibility index (Phi) is 5.64. The fourth-order valence-electron chi connectivity index (χ4n) is 2.74. The minimum absolute atomic E-state index is 0.113. The number of aromatic nitrogens is 1. The summed E-state index contributed by atoms with van der Waals surface area (Å²) in [5, 5.41) is 6.30. The second kappa shape index (κ2) is 8.30. The van der Waals surface area contributed by atoms with Gasteiger partial charge in [0.15, 0.2) is 0 Å². The van der Waals surface area contributed by atoms with E-state index in [-0.39, 0.29) is 5.91 Å². The lowest BCUT2D eigenvalue weighted by atomic mass is 10.1. The summed E-state index contributed by atoms with van der Waals surface area (Å²) in [4.78, 5) is 16.6. The van der Waals surface area contributed by atoms with E-state index >= 15 is 0 Å². The van der Waals surface area contributed by atoms with Crippen molar-refractivity contribution in [3.05, 3.63) is 89.2 Å². The van der Waals surface area contributed by atoms with Crippen LogP contribution in [0.25, 0.3) is 0 Å². The normalized spacial score (nSPS) is 10.4. The summed E-state index contributed by atoms with van der Waals surface area (Å²) in [6, 6.07) is 18.1. The molecule has 0 fully saturated rings. The molecule has 0 aliphatic rings. The molecule has 0 aliphatic carbocycles. The van der Waals surface area contributed by atoms with Crippen LogP contribution in [0.3, 0.4) is 0 Å². The van der Waals surface area contributed by atoms with Gasteiger partial charge in [0.05, 0.1) is 17.4 Å². The number of amides is 1. The Morgan fingerprint density at radius 2 is 1.81 bits per heavy atom. The van der Waals surface area contributed by atoms with E-state index in [1.807, 2.05) is 36.4 Å². The van der Waals surface area contributed by atoms with E-state index in [1.165, 1.54) is 16.7 Å². The minimum atomic E-state index is -0.113. The second-order valence-corrected chi connectivity index (χ2v) is 6.33. The molecule has 3 aromatic rings. The summed E-state index contributed by atoms with van der Waals surface area (Å²) < 4.78 is 0. The Hall–Kier alpha value is -3.14. The second-order valence-electron chi connectivity index (χ2n) is 6.33. The molecule has 1 heterocycles. The summed E-state index contributed by atoms with van der Waals surface area (Å²) in [7, 11) is 0. The standard InChI is InChI=1S/C22H23N3O/c1-16-7-6-10-21(17(16)2)25-20-13-19(14-23-15-20)22(26)24-12-11-18-8-4-3-5-9-18/h3-10,13-15,25H,11-12H2,1-2H3,(H,24,26). The average Bonchev–Trinajstić information content (AvgIpc) is 2.66. The van der Waals surface area contributed by atoms with Crippen LogP contribution in [0, 0.1) is 13.8 Å². The first-order chi connectivity index (χ1) is 12.6. The van der Waals surface area contributed by atoms with Gasteiger partial charge in [0.2, 0.25) is 0 Å². The first-order valence-corrected chi connectivity index (χ1v) is 8.74. The Morgan fingerprint density at radius 1 is 1.00 bits per heavy atom. The maximum atomic E-state index is 12.4. The van der Waals surface area contributed by atoms with Gasteiger partial charge >= 0.3 is 0 Å². The number of pyridine rings is 1. The lowest BCUT2D eigenvalue weighted by Gasteiger charge is -2.12. The molecule has 4 heteroatoms. The predicted molar refractivity (Wildman–Crippen MR) is 106 cm³/mol. The van der Waals surface area contributed by atoms with Crippen molar-refractivity contribution in [2.45, 2.75) is 20.3 Å².